The van der Waals surface area contributed by atoms with Gasteiger partial charge in [-0.1, -0.05) is 12.1 Å². The summed E-state index contributed by atoms with van der Waals surface area (Å²) in [6.07, 6.45) is 0. The molecule has 25 heavy (non-hydrogen) atoms. The van der Waals surface area contributed by atoms with Gasteiger partial charge in [-0.25, -0.2) is 0 Å². The lowest BCUT2D eigenvalue weighted by atomic mass is 10.0. The highest BCUT2D eigenvalue weighted by Crippen LogP contribution is 2.34. The van der Waals surface area contributed by atoms with E-state index in [4.69, 9.17) is 15.2 Å². The van der Waals surface area contributed by atoms with Gasteiger partial charge in [0.25, 0.3) is 5.69 Å². The molecule has 2 aromatic carbocycles. The molecule has 0 unspecified atom stereocenters. The van der Waals surface area contributed by atoms with Gasteiger partial charge in [0.05, 0.1) is 18.1 Å². The summed E-state index contributed by atoms with van der Waals surface area (Å²) in [6, 6.07) is 12.1. The Labute approximate surface area is 147 Å². The van der Waals surface area contributed by atoms with E-state index in [2.05, 4.69) is 4.90 Å². The number of nitrogens with zero attached hydrogens (tertiary/aromatic N) is 2. The molecular weight excluding hydrogens is 322 g/mol. The van der Waals surface area contributed by atoms with Crippen LogP contribution in [-0.4, -0.2) is 45.4 Å². The summed E-state index contributed by atoms with van der Waals surface area (Å²) in [5.74, 6) is 0. The second kappa shape index (κ2) is 9.00. The van der Waals surface area contributed by atoms with Crippen LogP contribution in [0.1, 0.15) is 0 Å². The molecule has 2 N–H and O–H groups in total. The predicted molar refractivity (Wildman–Crippen MR) is 98.9 cm³/mol. The van der Waals surface area contributed by atoms with Crippen molar-refractivity contribution in [1.82, 2.24) is 0 Å². The second-order valence-electron chi connectivity index (χ2n) is 5.56. The van der Waals surface area contributed by atoms with E-state index in [1.54, 1.807) is 26.4 Å². The maximum atomic E-state index is 11.1. The lowest BCUT2D eigenvalue weighted by molar-refractivity contribution is -0.384. The van der Waals surface area contributed by atoms with Crippen molar-refractivity contribution in [3.8, 4) is 11.1 Å². The van der Waals surface area contributed by atoms with Crippen LogP contribution in [-0.2, 0) is 9.47 Å². The number of non-ortho nitro benzene ring substituents is 1. The van der Waals surface area contributed by atoms with Crippen molar-refractivity contribution in [3.05, 3.63) is 52.6 Å². The van der Waals surface area contributed by atoms with Gasteiger partial charge in [0.15, 0.2) is 0 Å². The molecule has 0 aliphatic heterocycles. The standard InChI is InChI=1S/C18H23N3O4/c1-24-10-8-20(9-11-25-2)18-7-6-15(19)13-17(18)14-4-3-5-16(12-14)21(22)23/h3-7,12-13H,8-11,19H2,1-2H3. The lowest BCUT2D eigenvalue weighted by Crippen LogP contribution is -2.31. The average Bonchev–Trinajstić information content (AvgIpc) is 2.62. The molecule has 0 spiro atoms. The van der Waals surface area contributed by atoms with Gasteiger partial charge in [-0.3, -0.25) is 10.1 Å². The third-order valence-electron chi connectivity index (χ3n) is 3.86. The maximum absolute atomic E-state index is 11.1. The van der Waals surface area contributed by atoms with E-state index in [9.17, 15) is 10.1 Å². The average molecular weight is 345 g/mol. The van der Waals surface area contributed by atoms with Gasteiger partial charge < -0.3 is 20.1 Å². The number of nitrogen functional groups attached to an aromatic ring is 1. The van der Waals surface area contributed by atoms with Crippen LogP contribution < -0.4 is 10.6 Å². The molecule has 0 saturated heterocycles. The molecule has 7 nitrogen and oxygen atoms in total. The fourth-order valence-corrected chi connectivity index (χ4v) is 2.60. The van der Waals surface area contributed by atoms with Crippen molar-refractivity contribution in [3.63, 3.8) is 0 Å². The number of benzene rings is 2. The lowest BCUT2D eigenvalue weighted by Gasteiger charge is -2.27. The van der Waals surface area contributed by atoms with Crippen LogP contribution >= 0.6 is 0 Å². The summed E-state index contributed by atoms with van der Waals surface area (Å²) in [5.41, 5.74) is 9.13. The number of nitro benzene ring substituents is 1. The zero-order valence-electron chi connectivity index (χ0n) is 14.5. The highest BCUT2D eigenvalue weighted by atomic mass is 16.6. The molecule has 0 radical (unpaired) electrons. The third kappa shape index (κ3) is 4.91. The molecule has 0 aromatic heterocycles. The minimum absolute atomic E-state index is 0.0474. The first-order valence-corrected chi connectivity index (χ1v) is 7.94. The minimum atomic E-state index is -0.400. The van der Waals surface area contributed by atoms with Crippen molar-refractivity contribution >= 4 is 17.1 Å². The first-order valence-electron chi connectivity index (χ1n) is 7.94. The van der Waals surface area contributed by atoms with Crippen molar-refractivity contribution < 1.29 is 14.4 Å². The Balaban J connectivity index is 2.47. The highest BCUT2D eigenvalue weighted by Gasteiger charge is 2.15. The fourth-order valence-electron chi connectivity index (χ4n) is 2.60. The molecule has 134 valence electrons. The van der Waals surface area contributed by atoms with Crippen molar-refractivity contribution in [1.29, 1.82) is 0 Å². The first kappa shape index (κ1) is 18.7. The van der Waals surface area contributed by atoms with E-state index < -0.39 is 4.92 Å². The fraction of sp³-hybridized carbons (Fsp3) is 0.333. The molecular formula is C18H23N3O4. The largest absolute Gasteiger partial charge is 0.399 e. The van der Waals surface area contributed by atoms with Crippen LogP contribution in [0.5, 0.6) is 0 Å². The summed E-state index contributed by atoms with van der Waals surface area (Å²) >= 11 is 0. The van der Waals surface area contributed by atoms with E-state index in [-0.39, 0.29) is 5.69 Å². The number of ether oxygens (including phenoxy) is 2. The minimum Gasteiger partial charge on any atom is -0.399 e. The Morgan fingerprint density at radius 3 is 2.36 bits per heavy atom. The van der Waals surface area contributed by atoms with Gasteiger partial charge in [0, 0.05) is 56.4 Å². The molecule has 0 saturated carbocycles. The van der Waals surface area contributed by atoms with E-state index in [1.807, 2.05) is 24.3 Å². The monoisotopic (exact) mass is 345 g/mol. The quantitative estimate of drug-likeness (QED) is 0.427. The maximum Gasteiger partial charge on any atom is 0.270 e. The molecule has 0 amide bonds. The van der Waals surface area contributed by atoms with E-state index in [0.717, 1.165) is 16.8 Å². The van der Waals surface area contributed by atoms with Crippen molar-refractivity contribution in [2.75, 3.05) is 51.2 Å². The number of hydrogen-bond acceptors (Lipinski definition) is 6. The SMILES string of the molecule is COCCN(CCOC)c1ccc(N)cc1-c1cccc([N+](=O)[O-])c1. The van der Waals surface area contributed by atoms with E-state index in [0.29, 0.717) is 32.0 Å². The number of methoxy groups -OCH3 is 2. The highest BCUT2D eigenvalue weighted by molar-refractivity contribution is 5.82. The Kier molecular flexibility index (Phi) is 6.73. The zero-order valence-corrected chi connectivity index (χ0v) is 14.5. The predicted octanol–water partition coefficient (Wildman–Crippen LogP) is 2.94. The van der Waals surface area contributed by atoms with Crippen LogP contribution in [0, 0.1) is 10.1 Å². The van der Waals surface area contributed by atoms with Crippen molar-refractivity contribution in [2.45, 2.75) is 0 Å². The van der Waals surface area contributed by atoms with Gasteiger partial charge in [0.1, 0.15) is 0 Å². The number of rotatable bonds is 9. The molecule has 0 heterocycles. The Morgan fingerprint density at radius 1 is 1.08 bits per heavy atom. The van der Waals surface area contributed by atoms with Crippen LogP contribution in [0.25, 0.3) is 11.1 Å². The molecule has 0 atom stereocenters. The number of nitro groups is 1. The summed E-state index contributed by atoms with van der Waals surface area (Å²) in [5, 5.41) is 11.1. The van der Waals surface area contributed by atoms with Gasteiger partial charge >= 0.3 is 0 Å². The number of anilines is 2. The molecule has 0 bridgehead atoms. The first-order chi connectivity index (χ1) is 12.1. The molecule has 2 aromatic rings. The Bertz CT molecular complexity index is 713. The summed E-state index contributed by atoms with van der Waals surface area (Å²) in [6.45, 7) is 2.46. The smallest absolute Gasteiger partial charge is 0.270 e. The van der Waals surface area contributed by atoms with Gasteiger partial charge in [0.2, 0.25) is 0 Å². The normalized spacial score (nSPS) is 10.6. The summed E-state index contributed by atoms with van der Waals surface area (Å²) < 4.78 is 10.4. The molecule has 7 heteroatoms. The van der Waals surface area contributed by atoms with Crippen molar-refractivity contribution in [2.24, 2.45) is 0 Å². The van der Waals surface area contributed by atoms with E-state index in [1.165, 1.54) is 6.07 Å². The third-order valence-corrected chi connectivity index (χ3v) is 3.86. The zero-order chi connectivity index (χ0) is 18.2. The van der Waals surface area contributed by atoms with Gasteiger partial charge in [-0.2, -0.15) is 0 Å². The van der Waals surface area contributed by atoms with Crippen LogP contribution in [0.2, 0.25) is 0 Å². The second-order valence-corrected chi connectivity index (χ2v) is 5.56. The van der Waals surface area contributed by atoms with Gasteiger partial charge in [-0.15, -0.1) is 0 Å². The van der Waals surface area contributed by atoms with E-state index >= 15 is 0 Å². The Morgan fingerprint density at radius 2 is 1.76 bits per heavy atom. The number of hydrogen-bond donors (Lipinski definition) is 1. The summed E-state index contributed by atoms with van der Waals surface area (Å²) in [7, 11) is 3.30. The van der Waals surface area contributed by atoms with Crippen LogP contribution in [0.4, 0.5) is 17.1 Å². The van der Waals surface area contributed by atoms with Crippen LogP contribution in [0.3, 0.4) is 0 Å². The van der Waals surface area contributed by atoms with Crippen LogP contribution in [0.15, 0.2) is 42.5 Å². The van der Waals surface area contributed by atoms with Gasteiger partial charge in [-0.05, 0) is 23.8 Å². The molecule has 2 rings (SSSR count). The Hall–Kier alpha value is -2.64. The topological polar surface area (TPSA) is 90.9 Å². The molecule has 0 aliphatic carbocycles. The molecule has 0 fully saturated rings. The molecule has 0 aliphatic rings. The summed E-state index contributed by atoms with van der Waals surface area (Å²) in [4.78, 5) is 12.8. The number of nitrogens with two attached hydrogens (primary N) is 1.